The molecule has 16 heavy (non-hydrogen) atoms. The SMILES string of the molecule is Cc1[nH]cnc1CNc1cccc(Cl)c1Cl. The zero-order valence-electron chi connectivity index (χ0n) is 8.72. The van der Waals surface area contributed by atoms with Gasteiger partial charge in [0.05, 0.1) is 34.3 Å². The van der Waals surface area contributed by atoms with E-state index in [0.717, 1.165) is 17.1 Å². The highest BCUT2D eigenvalue weighted by molar-refractivity contribution is 6.43. The third kappa shape index (κ3) is 2.31. The Morgan fingerprint density at radius 1 is 1.38 bits per heavy atom. The first-order chi connectivity index (χ1) is 7.68. The zero-order chi connectivity index (χ0) is 11.5. The lowest BCUT2D eigenvalue weighted by Gasteiger charge is -2.08. The van der Waals surface area contributed by atoms with E-state index in [0.29, 0.717) is 16.6 Å². The number of rotatable bonds is 3. The van der Waals surface area contributed by atoms with Crippen molar-refractivity contribution < 1.29 is 0 Å². The quantitative estimate of drug-likeness (QED) is 0.880. The van der Waals surface area contributed by atoms with Crippen LogP contribution in [0.3, 0.4) is 0 Å². The summed E-state index contributed by atoms with van der Waals surface area (Å²) >= 11 is 12.0. The number of aromatic amines is 1. The van der Waals surface area contributed by atoms with E-state index in [9.17, 15) is 0 Å². The van der Waals surface area contributed by atoms with Gasteiger partial charge >= 0.3 is 0 Å². The number of hydrogen-bond acceptors (Lipinski definition) is 2. The summed E-state index contributed by atoms with van der Waals surface area (Å²) in [5, 5.41) is 4.28. The Labute approximate surface area is 104 Å². The van der Waals surface area contributed by atoms with Gasteiger partial charge in [-0.1, -0.05) is 29.3 Å². The molecule has 2 aromatic rings. The van der Waals surface area contributed by atoms with Crippen molar-refractivity contribution in [1.82, 2.24) is 9.97 Å². The van der Waals surface area contributed by atoms with Crippen LogP contribution in [-0.4, -0.2) is 9.97 Å². The van der Waals surface area contributed by atoms with Crippen LogP contribution < -0.4 is 5.32 Å². The number of benzene rings is 1. The van der Waals surface area contributed by atoms with Gasteiger partial charge in [-0.3, -0.25) is 0 Å². The Kier molecular flexibility index (Phi) is 3.36. The number of hydrogen-bond donors (Lipinski definition) is 2. The number of nitrogens with zero attached hydrogens (tertiary/aromatic N) is 1. The lowest BCUT2D eigenvalue weighted by atomic mass is 10.3. The third-order valence-corrected chi connectivity index (χ3v) is 3.15. The predicted molar refractivity (Wildman–Crippen MR) is 67.1 cm³/mol. The molecule has 1 heterocycles. The molecule has 0 spiro atoms. The van der Waals surface area contributed by atoms with E-state index >= 15 is 0 Å². The van der Waals surface area contributed by atoms with Crippen molar-refractivity contribution in [2.24, 2.45) is 0 Å². The maximum Gasteiger partial charge on any atom is 0.0925 e. The third-order valence-electron chi connectivity index (χ3n) is 2.33. The number of aryl methyl sites for hydroxylation is 1. The van der Waals surface area contributed by atoms with Crippen molar-refractivity contribution in [3.05, 3.63) is 46.0 Å². The minimum atomic E-state index is 0.539. The van der Waals surface area contributed by atoms with Crippen molar-refractivity contribution in [3.8, 4) is 0 Å². The van der Waals surface area contributed by atoms with Gasteiger partial charge in [0.2, 0.25) is 0 Å². The monoisotopic (exact) mass is 255 g/mol. The van der Waals surface area contributed by atoms with Gasteiger partial charge in [0.1, 0.15) is 0 Å². The van der Waals surface area contributed by atoms with E-state index in [4.69, 9.17) is 23.2 Å². The molecule has 0 aliphatic carbocycles. The summed E-state index contributed by atoms with van der Waals surface area (Å²) in [4.78, 5) is 7.21. The second-order valence-electron chi connectivity index (χ2n) is 3.43. The summed E-state index contributed by atoms with van der Waals surface area (Å²) in [5.41, 5.74) is 2.83. The molecule has 0 unspecified atom stereocenters. The summed E-state index contributed by atoms with van der Waals surface area (Å²) < 4.78 is 0. The maximum absolute atomic E-state index is 6.05. The van der Waals surface area contributed by atoms with Gasteiger partial charge in [-0.2, -0.15) is 0 Å². The molecule has 1 aromatic heterocycles. The maximum atomic E-state index is 6.05. The first-order valence-corrected chi connectivity index (χ1v) is 5.61. The molecule has 0 radical (unpaired) electrons. The highest BCUT2D eigenvalue weighted by atomic mass is 35.5. The summed E-state index contributed by atoms with van der Waals surface area (Å²) in [6, 6.07) is 5.50. The number of anilines is 1. The van der Waals surface area contributed by atoms with E-state index in [1.807, 2.05) is 19.1 Å². The zero-order valence-corrected chi connectivity index (χ0v) is 10.2. The number of nitrogens with one attached hydrogen (secondary N) is 2. The standard InChI is InChI=1S/C11H11Cl2N3/c1-7-10(16-6-15-7)5-14-9-4-2-3-8(12)11(9)13/h2-4,6,14H,5H2,1H3,(H,15,16). The topological polar surface area (TPSA) is 40.7 Å². The van der Waals surface area contributed by atoms with E-state index in [1.165, 1.54) is 0 Å². The van der Waals surface area contributed by atoms with Gasteiger partial charge in [0.15, 0.2) is 0 Å². The van der Waals surface area contributed by atoms with Gasteiger partial charge in [-0.25, -0.2) is 4.98 Å². The van der Waals surface area contributed by atoms with Crippen LogP contribution in [0.5, 0.6) is 0 Å². The molecular formula is C11H11Cl2N3. The van der Waals surface area contributed by atoms with Crippen LogP contribution in [0.15, 0.2) is 24.5 Å². The van der Waals surface area contributed by atoms with E-state index in [-0.39, 0.29) is 0 Å². The second kappa shape index (κ2) is 4.76. The molecular weight excluding hydrogens is 245 g/mol. The lowest BCUT2D eigenvalue weighted by Crippen LogP contribution is -2.01. The normalized spacial score (nSPS) is 10.4. The molecule has 3 nitrogen and oxygen atoms in total. The molecule has 0 bridgehead atoms. The van der Waals surface area contributed by atoms with Gasteiger partial charge < -0.3 is 10.3 Å². The van der Waals surface area contributed by atoms with Gasteiger partial charge in [-0.05, 0) is 19.1 Å². The summed E-state index contributed by atoms with van der Waals surface area (Å²) in [6.45, 7) is 2.60. The van der Waals surface area contributed by atoms with Gasteiger partial charge in [-0.15, -0.1) is 0 Å². The van der Waals surface area contributed by atoms with Gasteiger partial charge in [0.25, 0.3) is 0 Å². The fourth-order valence-corrected chi connectivity index (χ4v) is 1.75. The molecule has 0 fully saturated rings. The van der Waals surface area contributed by atoms with Crippen LogP contribution in [0.25, 0.3) is 0 Å². The van der Waals surface area contributed by atoms with Crippen LogP contribution in [-0.2, 0) is 6.54 Å². The molecule has 2 rings (SSSR count). The van der Waals surface area contributed by atoms with Crippen molar-refractivity contribution in [2.75, 3.05) is 5.32 Å². The molecule has 0 amide bonds. The van der Waals surface area contributed by atoms with Crippen LogP contribution >= 0.6 is 23.2 Å². The van der Waals surface area contributed by atoms with E-state index in [1.54, 1.807) is 12.4 Å². The van der Waals surface area contributed by atoms with Crippen LogP contribution in [0.2, 0.25) is 10.0 Å². The number of aromatic nitrogens is 2. The Balaban J connectivity index is 2.11. The Bertz CT molecular complexity index is 494. The largest absolute Gasteiger partial charge is 0.378 e. The molecule has 84 valence electrons. The van der Waals surface area contributed by atoms with Crippen molar-refractivity contribution in [2.45, 2.75) is 13.5 Å². The number of halogens is 2. The Hall–Kier alpha value is -1.19. The molecule has 0 atom stereocenters. The minimum Gasteiger partial charge on any atom is -0.378 e. The van der Waals surface area contributed by atoms with Gasteiger partial charge in [0, 0.05) is 5.69 Å². The fraction of sp³-hybridized carbons (Fsp3) is 0.182. The smallest absolute Gasteiger partial charge is 0.0925 e. The number of imidazole rings is 1. The predicted octanol–water partition coefficient (Wildman–Crippen LogP) is 3.64. The highest BCUT2D eigenvalue weighted by Crippen LogP contribution is 2.29. The van der Waals surface area contributed by atoms with Crippen LogP contribution in [0.1, 0.15) is 11.4 Å². The van der Waals surface area contributed by atoms with E-state index in [2.05, 4.69) is 15.3 Å². The van der Waals surface area contributed by atoms with Crippen LogP contribution in [0, 0.1) is 6.92 Å². The molecule has 0 aliphatic heterocycles. The van der Waals surface area contributed by atoms with Crippen molar-refractivity contribution in [3.63, 3.8) is 0 Å². The average Bonchev–Trinajstić information content (AvgIpc) is 2.67. The lowest BCUT2D eigenvalue weighted by molar-refractivity contribution is 1.05. The fourth-order valence-electron chi connectivity index (χ4n) is 1.38. The molecule has 2 N–H and O–H groups in total. The molecule has 0 saturated heterocycles. The first-order valence-electron chi connectivity index (χ1n) is 4.85. The second-order valence-corrected chi connectivity index (χ2v) is 4.21. The molecule has 0 aliphatic rings. The van der Waals surface area contributed by atoms with Crippen LogP contribution in [0.4, 0.5) is 5.69 Å². The average molecular weight is 256 g/mol. The molecule has 5 heteroatoms. The van der Waals surface area contributed by atoms with Crippen molar-refractivity contribution in [1.29, 1.82) is 0 Å². The summed E-state index contributed by atoms with van der Waals surface area (Å²) in [5.74, 6) is 0. The first kappa shape index (κ1) is 11.3. The molecule has 0 saturated carbocycles. The Morgan fingerprint density at radius 2 is 2.19 bits per heavy atom. The number of H-pyrrole nitrogens is 1. The highest BCUT2D eigenvalue weighted by Gasteiger charge is 2.05. The van der Waals surface area contributed by atoms with Crippen molar-refractivity contribution >= 4 is 28.9 Å². The summed E-state index contributed by atoms with van der Waals surface area (Å²) in [7, 11) is 0. The minimum absolute atomic E-state index is 0.539. The van der Waals surface area contributed by atoms with E-state index < -0.39 is 0 Å². The Morgan fingerprint density at radius 3 is 2.88 bits per heavy atom. The molecule has 1 aromatic carbocycles. The summed E-state index contributed by atoms with van der Waals surface area (Å²) in [6.07, 6.45) is 1.67.